The fraction of sp³-hybridized carbons (Fsp3) is 0.667. The minimum atomic E-state index is -0.676. The molecule has 2 aromatic rings. The van der Waals surface area contributed by atoms with E-state index in [0.717, 1.165) is 6.42 Å². The molecule has 3 heterocycles. The molecule has 1 saturated heterocycles. The van der Waals surface area contributed by atoms with E-state index >= 15 is 0 Å². The van der Waals surface area contributed by atoms with Crippen molar-refractivity contribution in [3.8, 4) is 0 Å². The highest BCUT2D eigenvalue weighted by atomic mass is 16.8. The number of rotatable bonds is 2. The first kappa shape index (κ1) is 13.6. The number of aromatic amines is 1. The molecule has 5 rings (SSSR count). The second-order valence-electron chi connectivity index (χ2n) is 7.27. The van der Waals surface area contributed by atoms with E-state index in [-0.39, 0.29) is 41.7 Å². The summed E-state index contributed by atoms with van der Waals surface area (Å²) in [4.78, 5) is 22.9. The van der Waals surface area contributed by atoms with Gasteiger partial charge in [-0.3, -0.25) is 4.79 Å². The first-order chi connectivity index (χ1) is 11.0. The SMILES string of the molecule is CC1(C)O[C@H]2[C@H](n3cnc4c(=O)[nH]cnc43)C3C[C@@]3(CO)[C@H]2O1. The van der Waals surface area contributed by atoms with Crippen LogP contribution in [-0.4, -0.2) is 49.2 Å². The van der Waals surface area contributed by atoms with Gasteiger partial charge >= 0.3 is 0 Å². The molecule has 3 aliphatic rings. The van der Waals surface area contributed by atoms with Crippen LogP contribution in [0, 0.1) is 11.3 Å². The Bertz CT molecular complexity index is 859. The molecule has 0 amide bonds. The van der Waals surface area contributed by atoms with E-state index in [1.54, 1.807) is 6.33 Å². The summed E-state index contributed by atoms with van der Waals surface area (Å²) in [7, 11) is 0. The van der Waals surface area contributed by atoms with Crippen molar-refractivity contribution < 1.29 is 14.6 Å². The van der Waals surface area contributed by atoms with Crippen molar-refractivity contribution in [1.82, 2.24) is 19.5 Å². The Hall–Kier alpha value is -1.77. The summed E-state index contributed by atoms with van der Waals surface area (Å²) in [5.74, 6) is -0.429. The summed E-state index contributed by atoms with van der Waals surface area (Å²) in [6, 6.07) is -0.0341. The molecule has 2 aliphatic carbocycles. The smallest absolute Gasteiger partial charge is 0.278 e. The second kappa shape index (κ2) is 4.00. The van der Waals surface area contributed by atoms with Crippen molar-refractivity contribution in [2.45, 2.75) is 44.3 Å². The highest BCUT2D eigenvalue weighted by Crippen LogP contribution is 2.71. The summed E-state index contributed by atoms with van der Waals surface area (Å²) in [5.41, 5.74) is 0.369. The largest absolute Gasteiger partial charge is 0.396 e. The zero-order valence-electron chi connectivity index (χ0n) is 12.9. The number of aromatic nitrogens is 4. The van der Waals surface area contributed by atoms with Gasteiger partial charge in [-0.25, -0.2) is 9.97 Å². The number of nitrogens with zero attached hydrogens (tertiary/aromatic N) is 3. The van der Waals surface area contributed by atoms with Crippen molar-refractivity contribution in [2.75, 3.05) is 6.61 Å². The number of hydrogen-bond donors (Lipinski definition) is 2. The molecule has 3 fully saturated rings. The van der Waals surface area contributed by atoms with Crippen LogP contribution in [0.15, 0.2) is 17.4 Å². The Kier molecular flexibility index (Phi) is 2.38. The van der Waals surface area contributed by atoms with Gasteiger partial charge in [0.15, 0.2) is 17.0 Å². The molecule has 2 saturated carbocycles. The molecule has 0 radical (unpaired) electrons. The first-order valence-electron chi connectivity index (χ1n) is 7.84. The second-order valence-corrected chi connectivity index (χ2v) is 7.27. The number of H-pyrrole nitrogens is 1. The molecular formula is C15H18N4O4. The van der Waals surface area contributed by atoms with Crippen LogP contribution in [0.25, 0.3) is 11.2 Å². The third-order valence-corrected chi connectivity index (χ3v) is 5.60. The lowest BCUT2D eigenvalue weighted by Crippen LogP contribution is -2.33. The molecule has 1 aliphatic heterocycles. The normalized spacial score (nSPS) is 40.3. The van der Waals surface area contributed by atoms with Gasteiger partial charge in [-0.2, -0.15) is 0 Å². The van der Waals surface area contributed by atoms with Crippen LogP contribution in [-0.2, 0) is 9.47 Å². The van der Waals surface area contributed by atoms with Crippen molar-refractivity contribution in [3.63, 3.8) is 0 Å². The lowest BCUT2D eigenvalue weighted by molar-refractivity contribution is -0.163. The van der Waals surface area contributed by atoms with Crippen LogP contribution < -0.4 is 5.56 Å². The highest BCUT2D eigenvalue weighted by molar-refractivity contribution is 5.69. The summed E-state index contributed by atoms with van der Waals surface area (Å²) in [6.07, 6.45) is 3.61. The molecule has 2 N–H and O–H groups in total. The van der Waals surface area contributed by atoms with Gasteiger partial charge in [-0.05, 0) is 26.2 Å². The third kappa shape index (κ3) is 1.58. The number of aliphatic hydroxyl groups is 1. The van der Waals surface area contributed by atoms with Crippen molar-refractivity contribution in [2.24, 2.45) is 11.3 Å². The topological polar surface area (TPSA) is 102 Å². The van der Waals surface area contributed by atoms with Gasteiger partial charge in [-0.1, -0.05) is 0 Å². The number of imidazole rings is 1. The van der Waals surface area contributed by atoms with E-state index < -0.39 is 5.79 Å². The van der Waals surface area contributed by atoms with Crippen LogP contribution >= 0.6 is 0 Å². The van der Waals surface area contributed by atoms with E-state index in [1.165, 1.54) is 6.33 Å². The van der Waals surface area contributed by atoms with E-state index in [9.17, 15) is 9.90 Å². The molecule has 0 spiro atoms. The monoisotopic (exact) mass is 318 g/mol. The van der Waals surface area contributed by atoms with Crippen LogP contribution in [0.5, 0.6) is 0 Å². The average molecular weight is 318 g/mol. The minimum Gasteiger partial charge on any atom is -0.396 e. The van der Waals surface area contributed by atoms with E-state index in [0.29, 0.717) is 11.2 Å². The zero-order chi connectivity index (χ0) is 16.0. The lowest BCUT2D eigenvalue weighted by atomic mass is 10.0. The van der Waals surface area contributed by atoms with Crippen molar-refractivity contribution in [1.29, 1.82) is 0 Å². The number of ether oxygens (including phenoxy) is 2. The van der Waals surface area contributed by atoms with Gasteiger partial charge in [0.25, 0.3) is 5.56 Å². The highest BCUT2D eigenvalue weighted by Gasteiger charge is 2.75. The lowest BCUT2D eigenvalue weighted by Gasteiger charge is -2.24. The molecule has 2 aromatic heterocycles. The van der Waals surface area contributed by atoms with Gasteiger partial charge in [0, 0.05) is 5.41 Å². The van der Waals surface area contributed by atoms with Gasteiger partial charge < -0.3 is 24.1 Å². The number of nitrogens with one attached hydrogen (secondary N) is 1. The summed E-state index contributed by atoms with van der Waals surface area (Å²) >= 11 is 0. The number of hydrogen-bond acceptors (Lipinski definition) is 6. The summed E-state index contributed by atoms with van der Waals surface area (Å²) < 4.78 is 14.1. The van der Waals surface area contributed by atoms with E-state index in [1.807, 2.05) is 18.4 Å². The van der Waals surface area contributed by atoms with Crippen LogP contribution in [0.1, 0.15) is 26.3 Å². The summed E-state index contributed by atoms with van der Waals surface area (Å²) in [6.45, 7) is 3.86. The Morgan fingerprint density at radius 2 is 2.26 bits per heavy atom. The number of aliphatic hydroxyl groups excluding tert-OH is 1. The predicted octanol–water partition coefficient (Wildman–Crippen LogP) is 0.193. The van der Waals surface area contributed by atoms with Gasteiger partial charge in [-0.15, -0.1) is 0 Å². The fourth-order valence-electron chi connectivity index (χ4n) is 4.56. The van der Waals surface area contributed by atoms with E-state index in [2.05, 4.69) is 15.0 Å². The van der Waals surface area contributed by atoms with Crippen LogP contribution in [0.3, 0.4) is 0 Å². The molecule has 8 heteroatoms. The van der Waals surface area contributed by atoms with Crippen molar-refractivity contribution >= 4 is 11.2 Å². The first-order valence-corrected chi connectivity index (χ1v) is 7.84. The fourth-order valence-corrected chi connectivity index (χ4v) is 4.56. The molecule has 122 valence electrons. The molecule has 5 atom stereocenters. The van der Waals surface area contributed by atoms with Crippen LogP contribution in [0.2, 0.25) is 0 Å². The third-order valence-electron chi connectivity index (χ3n) is 5.60. The minimum absolute atomic E-state index is 0.0341. The summed E-state index contributed by atoms with van der Waals surface area (Å²) in [5, 5.41) is 9.93. The molecule has 0 bridgehead atoms. The Morgan fingerprint density at radius 3 is 3.04 bits per heavy atom. The maximum absolute atomic E-state index is 11.9. The zero-order valence-corrected chi connectivity index (χ0v) is 12.9. The van der Waals surface area contributed by atoms with Gasteiger partial charge in [0.05, 0.1) is 31.4 Å². The Labute approximate surface area is 131 Å². The average Bonchev–Trinajstić information content (AvgIpc) is 2.78. The molecule has 0 aromatic carbocycles. The molecule has 1 unspecified atom stereocenters. The Balaban J connectivity index is 1.65. The van der Waals surface area contributed by atoms with Gasteiger partial charge in [0.2, 0.25) is 0 Å². The maximum Gasteiger partial charge on any atom is 0.278 e. The van der Waals surface area contributed by atoms with Crippen LogP contribution in [0.4, 0.5) is 0 Å². The Morgan fingerprint density at radius 1 is 1.43 bits per heavy atom. The quantitative estimate of drug-likeness (QED) is 0.820. The number of fused-ring (bicyclic) bond motifs is 4. The predicted molar refractivity (Wildman–Crippen MR) is 78.6 cm³/mol. The molecule has 23 heavy (non-hydrogen) atoms. The standard InChI is InChI=1S/C15H18N4O4/c1-14(2)22-10-9(7-3-15(7,4-20)11(10)23-14)19-6-18-8-12(19)16-5-17-13(8)21/h5-7,9-11,20H,3-4H2,1-2H3,(H,16,17,21)/t7?,9-,10+,11+,15+/m1/s1. The molecule has 8 nitrogen and oxygen atoms in total. The molecular weight excluding hydrogens is 300 g/mol. The van der Waals surface area contributed by atoms with Gasteiger partial charge in [0.1, 0.15) is 6.10 Å². The van der Waals surface area contributed by atoms with E-state index in [4.69, 9.17) is 9.47 Å². The maximum atomic E-state index is 11.9. The van der Waals surface area contributed by atoms with Crippen molar-refractivity contribution in [3.05, 3.63) is 23.0 Å².